The molecule has 0 aromatic carbocycles. The zero-order valence-corrected chi connectivity index (χ0v) is 7.74. The van der Waals surface area contributed by atoms with Gasteiger partial charge in [0.1, 0.15) is 5.60 Å². The van der Waals surface area contributed by atoms with Crippen molar-refractivity contribution in [3.63, 3.8) is 0 Å². The maximum atomic E-state index is 11.5. The van der Waals surface area contributed by atoms with Crippen molar-refractivity contribution in [2.75, 3.05) is 0 Å². The molecule has 1 saturated carbocycles. The molecular formula is C10H17O. The van der Waals surface area contributed by atoms with Gasteiger partial charge in [-0.05, 0) is 46.5 Å². The first-order valence-electron chi connectivity index (χ1n) is 4.37. The first-order chi connectivity index (χ1) is 5.01. The van der Waals surface area contributed by atoms with Crippen molar-refractivity contribution in [1.29, 1.82) is 0 Å². The van der Waals surface area contributed by atoms with Crippen LogP contribution in [0.2, 0.25) is 0 Å². The molecule has 63 valence electrons. The van der Waals surface area contributed by atoms with Gasteiger partial charge in [-0.2, -0.15) is 0 Å². The fourth-order valence-corrected chi connectivity index (χ4v) is 1.58. The largest absolute Gasteiger partial charge is 0.230 e. The molecule has 1 fully saturated rings. The van der Waals surface area contributed by atoms with Crippen molar-refractivity contribution in [1.82, 2.24) is 0 Å². The summed E-state index contributed by atoms with van der Waals surface area (Å²) in [4.78, 5) is 0. The Kier molecular flexibility index (Phi) is 2.38. The van der Waals surface area contributed by atoms with Crippen molar-refractivity contribution >= 4 is 0 Å². The van der Waals surface area contributed by atoms with Crippen molar-refractivity contribution < 1.29 is 5.11 Å². The smallest absolute Gasteiger partial charge is 0.101 e. The van der Waals surface area contributed by atoms with E-state index < -0.39 is 5.60 Å². The lowest BCUT2D eigenvalue weighted by Crippen LogP contribution is -2.26. The Morgan fingerprint density at radius 2 is 1.73 bits per heavy atom. The molecule has 11 heavy (non-hydrogen) atoms. The van der Waals surface area contributed by atoms with Crippen LogP contribution in [0.25, 0.3) is 0 Å². The molecule has 1 rings (SSSR count). The lowest BCUT2D eigenvalue weighted by Gasteiger charge is -2.27. The van der Waals surface area contributed by atoms with E-state index in [4.69, 9.17) is 0 Å². The summed E-state index contributed by atoms with van der Waals surface area (Å²) in [5, 5.41) is 11.5. The van der Waals surface area contributed by atoms with Crippen molar-refractivity contribution in [3.05, 3.63) is 11.1 Å². The lowest BCUT2D eigenvalue weighted by molar-refractivity contribution is -0.0344. The molecule has 0 saturated heterocycles. The van der Waals surface area contributed by atoms with E-state index in [0.29, 0.717) is 0 Å². The number of hydrogen-bond acceptors (Lipinski definition) is 0. The van der Waals surface area contributed by atoms with Gasteiger partial charge in [0.05, 0.1) is 0 Å². The highest BCUT2D eigenvalue weighted by Gasteiger charge is 2.27. The van der Waals surface area contributed by atoms with Crippen LogP contribution in [0.1, 0.15) is 46.5 Å². The van der Waals surface area contributed by atoms with E-state index in [9.17, 15) is 5.11 Å². The highest BCUT2D eigenvalue weighted by molar-refractivity contribution is 5.13. The van der Waals surface area contributed by atoms with Crippen LogP contribution in [0, 0.1) is 0 Å². The first kappa shape index (κ1) is 8.79. The third kappa shape index (κ3) is 2.33. The Morgan fingerprint density at radius 3 is 2.09 bits per heavy atom. The molecule has 0 bridgehead atoms. The topological polar surface area (TPSA) is 19.9 Å². The SMILES string of the molecule is CC(C)=C1CCC(C)([O])CC1. The Morgan fingerprint density at radius 1 is 1.27 bits per heavy atom. The molecule has 1 aliphatic rings. The van der Waals surface area contributed by atoms with Gasteiger partial charge < -0.3 is 0 Å². The standard InChI is InChI=1S/C10H17O/c1-8(2)9-4-6-10(3,11)7-5-9/h4-7H2,1-3H3. The van der Waals surface area contributed by atoms with Crippen molar-refractivity contribution in [2.45, 2.75) is 52.1 Å². The average Bonchev–Trinajstić information content (AvgIpc) is 1.86. The summed E-state index contributed by atoms with van der Waals surface area (Å²) in [6, 6.07) is 0. The Bertz CT molecular complexity index is 161. The molecule has 1 heteroatoms. The second kappa shape index (κ2) is 2.98. The minimum atomic E-state index is -0.640. The Balaban J connectivity index is 2.56. The molecule has 1 aliphatic carbocycles. The lowest BCUT2D eigenvalue weighted by atomic mass is 9.82. The van der Waals surface area contributed by atoms with E-state index >= 15 is 0 Å². The second-order valence-corrected chi connectivity index (χ2v) is 4.05. The molecule has 0 aromatic rings. The molecule has 1 radical (unpaired) electrons. The number of rotatable bonds is 0. The monoisotopic (exact) mass is 153 g/mol. The molecule has 0 N–H and O–H groups in total. The minimum Gasteiger partial charge on any atom is -0.230 e. The third-order valence-corrected chi connectivity index (χ3v) is 2.62. The molecule has 0 aliphatic heterocycles. The molecular weight excluding hydrogens is 136 g/mol. The summed E-state index contributed by atoms with van der Waals surface area (Å²) in [5.74, 6) is 0. The molecule has 0 unspecified atom stereocenters. The summed E-state index contributed by atoms with van der Waals surface area (Å²) in [6.07, 6.45) is 3.71. The van der Waals surface area contributed by atoms with Gasteiger partial charge in [-0.3, -0.25) is 0 Å². The van der Waals surface area contributed by atoms with Crippen molar-refractivity contribution in [3.8, 4) is 0 Å². The highest BCUT2D eigenvalue weighted by Crippen LogP contribution is 2.32. The van der Waals surface area contributed by atoms with Gasteiger partial charge in [-0.1, -0.05) is 11.1 Å². The van der Waals surface area contributed by atoms with Crippen LogP contribution >= 0.6 is 0 Å². The molecule has 0 atom stereocenters. The van der Waals surface area contributed by atoms with Crippen LogP contribution in [0.3, 0.4) is 0 Å². The van der Waals surface area contributed by atoms with Gasteiger partial charge in [0.25, 0.3) is 0 Å². The quantitative estimate of drug-likeness (QED) is 0.477. The summed E-state index contributed by atoms with van der Waals surface area (Å²) in [6.45, 7) is 6.11. The van der Waals surface area contributed by atoms with Crippen LogP contribution in [-0.2, 0) is 5.11 Å². The Hall–Kier alpha value is -0.300. The van der Waals surface area contributed by atoms with E-state index in [-0.39, 0.29) is 0 Å². The van der Waals surface area contributed by atoms with Gasteiger partial charge in [0, 0.05) is 0 Å². The van der Waals surface area contributed by atoms with Crippen molar-refractivity contribution in [2.24, 2.45) is 0 Å². The zero-order chi connectivity index (χ0) is 8.48. The molecule has 0 heterocycles. The molecule has 0 amide bonds. The minimum absolute atomic E-state index is 0.640. The summed E-state index contributed by atoms with van der Waals surface area (Å²) < 4.78 is 0. The van der Waals surface area contributed by atoms with Crippen LogP contribution in [0.4, 0.5) is 0 Å². The zero-order valence-electron chi connectivity index (χ0n) is 7.74. The summed E-state index contributed by atoms with van der Waals surface area (Å²) in [7, 11) is 0. The van der Waals surface area contributed by atoms with E-state index in [1.807, 2.05) is 6.92 Å². The highest BCUT2D eigenvalue weighted by atomic mass is 16.3. The van der Waals surface area contributed by atoms with Gasteiger partial charge in [-0.25, -0.2) is 5.11 Å². The predicted molar refractivity (Wildman–Crippen MR) is 45.9 cm³/mol. The summed E-state index contributed by atoms with van der Waals surface area (Å²) in [5.41, 5.74) is 2.29. The van der Waals surface area contributed by atoms with Gasteiger partial charge in [-0.15, -0.1) is 0 Å². The van der Waals surface area contributed by atoms with E-state index in [1.54, 1.807) is 0 Å². The molecule has 0 aromatic heterocycles. The van der Waals surface area contributed by atoms with Crippen LogP contribution in [0.5, 0.6) is 0 Å². The van der Waals surface area contributed by atoms with E-state index in [0.717, 1.165) is 25.7 Å². The average molecular weight is 153 g/mol. The number of allylic oxidation sites excluding steroid dienone is 2. The summed E-state index contributed by atoms with van der Waals surface area (Å²) >= 11 is 0. The van der Waals surface area contributed by atoms with Gasteiger partial charge in [0.15, 0.2) is 0 Å². The first-order valence-corrected chi connectivity index (χ1v) is 4.37. The van der Waals surface area contributed by atoms with Gasteiger partial charge in [0.2, 0.25) is 0 Å². The molecule has 0 spiro atoms. The van der Waals surface area contributed by atoms with Gasteiger partial charge >= 0.3 is 0 Å². The normalized spacial score (nSPS) is 32.2. The third-order valence-electron chi connectivity index (χ3n) is 2.62. The fraction of sp³-hybridized carbons (Fsp3) is 0.800. The predicted octanol–water partition coefficient (Wildman–Crippen LogP) is 3.09. The maximum Gasteiger partial charge on any atom is 0.101 e. The van der Waals surface area contributed by atoms with Crippen LogP contribution < -0.4 is 0 Å². The Labute approximate surface area is 69.1 Å². The molecule has 1 nitrogen and oxygen atoms in total. The second-order valence-electron chi connectivity index (χ2n) is 4.05. The van der Waals surface area contributed by atoms with Crippen LogP contribution in [0.15, 0.2) is 11.1 Å². The number of hydrogen-bond donors (Lipinski definition) is 0. The maximum absolute atomic E-state index is 11.5. The van der Waals surface area contributed by atoms with E-state index in [1.165, 1.54) is 11.1 Å². The van der Waals surface area contributed by atoms with Crippen LogP contribution in [-0.4, -0.2) is 5.60 Å². The van der Waals surface area contributed by atoms with E-state index in [2.05, 4.69) is 13.8 Å². The fourth-order valence-electron chi connectivity index (χ4n) is 1.58.